The third-order valence-electron chi connectivity index (χ3n) is 4.96. The molecule has 146 valence electrons. The molecule has 27 heavy (non-hydrogen) atoms. The summed E-state index contributed by atoms with van der Waals surface area (Å²) in [5.41, 5.74) is 4.98. The molecule has 0 amide bonds. The van der Waals surface area contributed by atoms with E-state index in [2.05, 4.69) is 37.8 Å². The zero-order valence-corrected chi connectivity index (χ0v) is 17.3. The molecule has 3 rings (SSSR count). The Labute approximate surface area is 162 Å². The Bertz CT molecular complexity index is 877. The molecular weight excluding hydrogens is 360 g/mol. The van der Waals surface area contributed by atoms with Crippen LogP contribution in [0.5, 0.6) is 5.75 Å². The summed E-state index contributed by atoms with van der Waals surface area (Å²) in [6.07, 6.45) is 0. The molecule has 0 radical (unpaired) electrons. The van der Waals surface area contributed by atoms with Crippen molar-refractivity contribution in [1.82, 2.24) is 4.31 Å². The molecule has 1 fully saturated rings. The van der Waals surface area contributed by atoms with Crippen LogP contribution in [-0.4, -0.2) is 45.5 Å². The molecular formula is C21H28N2O3S. The van der Waals surface area contributed by atoms with Crippen molar-refractivity contribution in [1.29, 1.82) is 0 Å². The van der Waals surface area contributed by atoms with Crippen LogP contribution in [0.25, 0.3) is 0 Å². The van der Waals surface area contributed by atoms with Gasteiger partial charge in [0.2, 0.25) is 10.0 Å². The van der Waals surface area contributed by atoms with Crippen molar-refractivity contribution in [3.8, 4) is 5.75 Å². The van der Waals surface area contributed by atoms with Crippen LogP contribution in [0.2, 0.25) is 0 Å². The van der Waals surface area contributed by atoms with Gasteiger partial charge in [-0.3, -0.25) is 0 Å². The predicted molar refractivity (Wildman–Crippen MR) is 109 cm³/mol. The Kier molecular flexibility index (Phi) is 5.77. The minimum atomic E-state index is -3.48. The van der Waals surface area contributed by atoms with Gasteiger partial charge in [-0.15, -0.1) is 0 Å². The highest BCUT2D eigenvalue weighted by atomic mass is 32.2. The first-order valence-electron chi connectivity index (χ1n) is 9.38. The number of hydrogen-bond donors (Lipinski definition) is 0. The summed E-state index contributed by atoms with van der Waals surface area (Å²) in [5, 5.41) is 0. The molecule has 1 saturated heterocycles. The van der Waals surface area contributed by atoms with Crippen LogP contribution < -0.4 is 9.64 Å². The van der Waals surface area contributed by atoms with Gasteiger partial charge in [-0.25, -0.2) is 8.42 Å². The topological polar surface area (TPSA) is 49.9 Å². The lowest BCUT2D eigenvalue weighted by Crippen LogP contribution is -2.49. The monoisotopic (exact) mass is 388 g/mol. The van der Waals surface area contributed by atoms with Gasteiger partial charge in [-0.05, 0) is 63.1 Å². The van der Waals surface area contributed by atoms with Gasteiger partial charge in [0.25, 0.3) is 0 Å². The second-order valence-corrected chi connectivity index (χ2v) is 8.98. The highest BCUT2D eigenvalue weighted by molar-refractivity contribution is 7.89. The Hall–Kier alpha value is -2.05. The standard InChI is InChI=1S/C21H28N2O3S/c1-5-26-19-6-8-20(9-7-19)27(24,25)23-12-10-22(11-13-23)21-17(3)14-16(2)15-18(21)4/h6-9,14-15H,5,10-13H2,1-4H3. The Balaban J connectivity index is 1.73. The van der Waals surface area contributed by atoms with Gasteiger partial charge >= 0.3 is 0 Å². The van der Waals surface area contributed by atoms with Gasteiger partial charge in [-0.2, -0.15) is 4.31 Å². The quantitative estimate of drug-likeness (QED) is 0.786. The molecule has 2 aromatic rings. The fraction of sp³-hybridized carbons (Fsp3) is 0.429. The van der Waals surface area contributed by atoms with Crippen LogP contribution in [0.1, 0.15) is 23.6 Å². The SMILES string of the molecule is CCOc1ccc(S(=O)(=O)N2CCN(c3c(C)cc(C)cc3C)CC2)cc1. The third kappa shape index (κ3) is 4.12. The molecule has 0 aromatic heterocycles. The van der Waals surface area contributed by atoms with Gasteiger partial charge < -0.3 is 9.64 Å². The first-order valence-corrected chi connectivity index (χ1v) is 10.8. The van der Waals surface area contributed by atoms with Crippen molar-refractivity contribution in [2.45, 2.75) is 32.6 Å². The maximum atomic E-state index is 12.9. The summed E-state index contributed by atoms with van der Waals surface area (Å²) in [4.78, 5) is 2.62. The van der Waals surface area contributed by atoms with Crippen LogP contribution in [0.15, 0.2) is 41.3 Å². The lowest BCUT2D eigenvalue weighted by molar-refractivity contribution is 0.340. The van der Waals surface area contributed by atoms with Crippen LogP contribution in [-0.2, 0) is 10.0 Å². The van der Waals surface area contributed by atoms with E-state index in [1.165, 1.54) is 22.4 Å². The molecule has 0 unspecified atom stereocenters. The van der Waals surface area contributed by atoms with E-state index in [1.54, 1.807) is 28.6 Å². The highest BCUT2D eigenvalue weighted by Gasteiger charge is 2.29. The highest BCUT2D eigenvalue weighted by Crippen LogP contribution is 2.28. The van der Waals surface area contributed by atoms with Crippen molar-refractivity contribution in [3.05, 3.63) is 53.1 Å². The Morgan fingerprint density at radius 2 is 1.48 bits per heavy atom. The smallest absolute Gasteiger partial charge is 0.243 e. The normalized spacial score (nSPS) is 15.8. The summed E-state index contributed by atoms with van der Waals surface area (Å²) in [6, 6.07) is 11.1. The van der Waals surface area contributed by atoms with E-state index < -0.39 is 10.0 Å². The number of hydrogen-bond acceptors (Lipinski definition) is 4. The number of rotatable bonds is 5. The molecule has 0 saturated carbocycles. The van der Waals surface area contributed by atoms with Crippen molar-refractivity contribution >= 4 is 15.7 Å². The summed E-state index contributed by atoms with van der Waals surface area (Å²) < 4.78 is 32.9. The number of piperazine rings is 1. The van der Waals surface area contributed by atoms with Crippen LogP contribution >= 0.6 is 0 Å². The van der Waals surface area contributed by atoms with E-state index >= 15 is 0 Å². The number of aryl methyl sites for hydroxylation is 3. The number of nitrogens with zero attached hydrogens (tertiary/aromatic N) is 2. The second-order valence-electron chi connectivity index (χ2n) is 7.04. The minimum absolute atomic E-state index is 0.321. The van der Waals surface area contributed by atoms with Crippen molar-refractivity contribution < 1.29 is 13.2 Å². The van der Waals surface area contributed by atoms with Gasteiger partial charge in [0.1, 0.15) is 5.75 Å². The van der Waals surface area contributed by atoms with Crippen molar-refractivity contribution in [2.75, 3.05) is 37.7 Å². The third-order valence-corrected chi connectivity index (χ3v) is 6.88. The molecule has 1 heterocycles. The number of ether oxygens (including phenoxy) is 1. The summed E-state index contributed by atoms with van der Waals surface area (Å²) in [5.74, 6) is 0.687. The Morgan fingerprint density at radius 3 is 2.00 bits per heavy atom. The predicted octanol–water partition coefficient (Wildman–Crippen LogP) is 3.52. The molecule has 0 bridgehead atoms. The van der Waals surface area contributed by atoms with E-state index in [4.69, 9.17) is 4.74 Å². The van der Waals surface area contributed by atoms with E-state index in [0.717, 1.165) is 0 Å². The van der Waals surface area contributed by atoms with Crippen LogP contribution in [0.3, 0.4) is 0 Å². The molecule has 0 aliphatic carbocycles. The second kappa shape index (κ2) is 7.90. The van der Waals surface area contributed by atoms with E-state index in [9.17, 15) is 8.42 Å². The fourth-order valence-electron chi connectivity index (χ4n) is 3.85. The minimum Gasteiger partial charge on any atom is -0.494 e. The fourth-order valence-corrected chi connectivity index (χ4v) is 5.27. The maximum absolute atomic E-state index is 12.9. The number of sulfonamides is 1. The molecule has 1 aliphatic heterocycles. The average molecular weight is 389 g/mol. The first-order chi connectivity index (χ1) is 12.8. The van der Waals surface area contributed by atoms with Crippen LogP contribution in [0, 0.1) is 20.8 Å². The molecule has 0 spiro atoms. The van der Waals surface area contributed by atoms with E-state index in [-0.39, 0.29) is 0 Å². The summed E-state index contributed by atoms with van der Waals surface area (Å²) in [6.45, 7) is 11.2. The zero-order valence-electron chi connectivity index (χ0n) is 16.5. The van der Waals surface area contributed by atoms with E-state index in [0.29, 0.717) is 43.4 Å². The molecule has 0 N–H and O–H groups in total. The maximum Gasteiger partial charge on any atom is 0.243 e. The number of anilines is 1. The Morgan fingerprint density at radius 1 is 0.926 bits per heavy atom. The number of benzene rings is 2. The summed E-state index contributed by atoms with van der Waals surface area (Å²) >= 11 is 0. The lowest BCUT2D eigenvalue weighted by Gasteiger charge is -2.37. The van der Waals surface area contributed by atoms with Crippen molar-refractivity contribution in [3.63, 3.8) is 0 Å². The van der Waals surface area contributed by atoms with Gasteiger partial charge in [0.05, 0.1) is 11.5 Å². The van der Waals surface area contributed by atoms with Crippen LogP contribution in [0.4, 0.5) is 5.69 Å². The average Bonchev–Trinajstić information content (AvgIpc) is 2.62. The van der Waals surface area contributed by atoms with Gasteiger partial charge in [-0.1, -0.05) is 17.7 Å². The molecule has 0 atom stereocenters. The lowest BCUT2D eigenvalue weighted by atomic mass is 10.0. The van der Waals surface area contributed by atoms with Crippen molar-refractivity contribution in [2.24, 2.45) is 0 Å². The zero-order chi connectivity index (χ0) is 19.6. The molecule has 6 heteroatoms. The molecule has 5 nitrogen and oxygen atoms in total. The molecule has 2 aromatic carbocycles. The molecule has 1 aliphatic rings. The van der Waals surface area contributed by atoms with Gasteiger partial charge in [0, 0.05) is 31.9 Å². The van der Waals surface area contributed by atoms with E-state index in [1.807, 2.05) is 6.92 Å². The summed E-state index contributed by atoms with van der Waals surface area (Å²) in [7, 11) is -3.48. The largest absolute Gasteiger partial charge is 0.494 e. The van der Waals surface area contributed by atoms with Gasteiger partial charge in [0.15, 0.2) is 0 Å². The first kappa shape index (κ1) is 19.7.